The number of nitrogens with zero attached hydrogens (tertiary/aromatic N) is 2. The van der Waals surface area contributed by atoms with E-state index < -0.39 is 14.6 Å². The zero-order valence-electron chi connectivity index (χ0n) is 9.73. The normalized spacial score (nSPS) is 11.2. The highest BCUT2D eigenvalue weighted by atomic mass is 28.2. The molecule has 0 atom stereocenters. The first-order valence-corrected chi connectivity index (χ1v) is 6.27. The molecule has 0 heterocycles. The Labute approximate surface area is 97.5 Å². The summed E-state index contributed by atoms with van der Waals surface area (Å²) in [5.41, 5.74) is 3.69. The molecule has 0 unspecified atom stereocenters. The molecular formula is C11H15N2O2Si+. The first kappa shape index (κ1) is 12.4. The molecule has 0 N–H and O–H groups in total. The van der Waals surface area contributed by atoms with Crippen LogP contribution in [0.4, 0.5) is 5.69 Å². The first-order chi connectivity index (χ1) is 7.40. The lowest BCUT2D eigenvalue weighted by atomic mass is 10.2. The summed E-state index contributed by atoms with van der Waals surface area (Å²) in [5.74, 6) is 2.91. The smallest absolute Gasteiger partial charge is 0.335 e. The Morgan fingerprint density at radius 1 is 1.31 bits per heavy atom. The Morgan fingerprint density at radius 3 is 2.50 bits per heavy atom. The minimum absolute atomic E-state index is 0.0883. The average molecular weight is 235 g/mol. The van der Waals surface area contributed by atoms with Crippen molar-refractivity contribution in [3.05, 3.63) is 39.9 Å². The fraction of sp³-hybridized carbons (Fsp3) is 0.273. The molecule has 1 rings (SSSR count). The van der Waals surface area contributed by atoms with Gasteiger partial charge in [-0.05, 0) is 6.07 Å². The second kappa shape index (κ2) is 4.92. The highest BCUT2D eigenvalue weighted by Gasteiger charge is 2.10. The van der Waals surface area contributed by atoms with Crippen LogP contribution < -0.4 is 0 Å². The fourth-order valence-corrected chi connectivity index (χ4v) is 1.85. The number of hydrogen-bond acceptors (Lipinski definition) is 2. The number of benzene rings is 1. The molecule has 0 saturated heterocycles. The molecule has 84 valence electrons. The van der Waals surface area contributed by atoms with Crippen molar-refractivity contribution in [2.24, 2.45) is 0 Å². The molecule has 16 heavy (non-hydrogen) atoms. The van der Waals surface area contributed by atoms with Crippen LogP contribution >= 0.6 is 0 Å². The molecule has 0 aliphatic heterocycles. The Hall–Kier alpha value is -1.64. The molecule has 0 aliphatic carbocycles. The van der Waals surface area contributed by atoms with Gasteiger partial charge in [0.25, 0.3) is 5.69 Å². The molecule has 0 aliphatic rings. The molecule has 0 saturated carbocycles. The van der Waals surface area contributed by atoms with Crippen LogP contribution in [0.2, 0.25) is 0 Å². The van der Waals surface area contributed by atoms with Gasteiger partial charge in [0.15, 0.2) is 0 Å². The van der Waals surface area contributed by atoms with Gasteiger partial charge in [-0.3, -0.25) is 10.1 Å². The van der Waals surface area contributed by atoms with E-state index in [1.165, 1.54) is 6.07 Å². The number of para-hydroxylation sites is 1. The van der Waals surface area contributed by atoms with Crippen LogP contribution in [0, 0.1) is 21.6 Å². The van der Waals surface area contributed by atoms with Gasteiger partial charge in [-0.2, -0.15) is 0 Å². The molecule has 0 aromatic heterocycles. The third kappa shape index (κ3) is 3.85. The van der Waals surface area contributed by atoms with Gasteiger partial charge in [0, 0.05) is 6.07 Å². The van der Waals surface area contributed by atoms with Crippen LogP contribution in [0.3, 0.4) is 0 Å². The number of nitro benzene ring substituents is 1. The van der Waals surface area contributed by atoms with Crippen LogP contribution in [-0.2, 0) is 0 Å². The van der Waals surface area contributed by atoms with Crippen LogP contribution in [0.1, 0.15) is 5.56 Å². The van der Waals surface area contributed by atoms with Gasteiger partial charge >= 0.3 is 9.68 Å². The summed E-state index contributed by atoms with van der Waals surface area (Å²) < 4.78 is 0.855. The van der Waals surface area contributed by atoms with E-state index in [-0.39, 0.29) is 5.69 Å². The zero-order chi connectivity index (χ0) is 12.2. The maximum atomic E-state index is 10.7. The Morgan fingerprint density at radius 2 is 1.94 bits per heavy atom. The third-order valence-electron chi connectivity index (χ3n) is 1.88. The molecular weight excluding hydrogens is 220 g/mol. The molecule has 1 aromatic rings. The van der Waals surface area contributed by atoms with Gasteiger partial charge in [-0.25, -0.2) is 0 Å². The molecule has 0 radical (unpaired) electrons. The molecule has 0 amide bonds. The highest BCUT2D eigenvalue weighted by molar-refractivity contribution is 6.37. The SMILES string of the molecule is C[N+](C)(C)[SiH2]C#Cc1ccccc1[N+](=O)[O-]. The Bertz CT molecular complexity index is 455. The van der Waals surface area contributed by atoms with E-state index in [0.29, 0.717) is 5.56 Å². The number of rotatable bonds is 2. The van der Waals surface area contributed by atoms with Crippen molar-refractivity contribution in [2.45, 2.75) is 0 Å². The van der Waals surface area contributed by atoms with Crippen LogP contribution in [-0.4, -0.2) is 39.9 Å². The van der Waals surface area contributed by atoms with Crippen molar-refractivity contribution >= 4 is 15.4 Å². The van der Waals surface area contributed by atoms with Crippen molar-refractivity contribution < 1.29 is 9.07 Å². The maximum Gasteiger partial charge on any atom is 0.335 e. The van der Waals surface area contributed by atoms with Gasteiger partial charge in [-0.15, -0.1) is 0 Å². The van der Waals surface area contributed by atoms with Gasteiger partial charge < -0.3 is 4.15 Å². The minimum Gasteiger partial charge on any atom is -0.386 e. The Balaban J connectivity index is 2.93. The quantitative estimate of drug-likeness (QED) is 0.328. The second-order valence-corrected chi connectivity index (χ2v) is 7.09. The van der Waals surface area contributed by atoms with Gasteiger partial charge in [-0.1, -0.05) is 23.6 Å². The topological polar surface area (TPSA) is 43.1 Å². The van der Waals surface area contributed by atoms with Gasteiger partial charge in [0.2, 0.25) is 0 Å². The molecule has 0 spiro atoms. The van der Waals surface area contributed by atoms with E-state index in [0.717, 1.165) is 4.15 Å². The summed E-state index contributed by atoms with van der Waals surface area (Å²) in [5, 5.41) is 10.7. The number of nitro groups is 1. The van der Waals surface area contributed by atoms with Crippen molar-refractivity contribution in [2.75, 3.05) is 21.1 Å². The lowest BCUT2D eigenvalue weighted by Crippen LogP contribution is -2.37. The minimum atomic E-state index is -0.581. The molecule has 4 nitrogen and oxygen atoms in total. The largest absolute Gasteiger partial charge is 0.386 e. The number of hydrogen-bond donors (Lipinski definition) is 0. The second-order valence-electron chi connectivity index (χ2n) is 4.52. The van der Waals surface area contributed by atoms with Crippen molar-refractivity contribution in [3.63, 3.8) is 0 Å². The van der Waals surface area contributed by atoms with E-state index in [9.17, 15) is 10.1 Å². The van der Waals surface area contributed by atoms with Crippen molar-refractivity contribution in [3.8, 4) is 11.5 Å². The van der Waals surface area contributed by atoms with E-state index in [1.54, 1.807) is 18.2 Å². The van der Waals surface area contributed by atoms with E-state index in [4.69, 9.17) is 0 Å². The lowest BCUT2D eigenvalue weighted by molar-refractivity contribution is -0.753. The predicted octanol–water partition coefficient (Wildman–Crippen LogP) is 0.694. The Kier molecular flexibility index (Phi) is 3.82. The van der Waals surface area contributed by atoms with E-state index >= 15 is 0 Å². The summed E-state index contributed by atoms with van der Waals surface area (Å²) in [4.78, 5) is 10.3. The highest BCUT2D eigenvalue weighted by Crippen LogP contribution is 2.15. The summed E-state index contributed by atoms with van der Waals surface area (Å²) >= 11 is 0. The molecule has 0 bridgehead atoms. The summed E-state index contributed by atoms with van der Waals surface area (Å²) in [6.45, 7) is 0. The predicted molar refractivity (Wildman–Crippen MR) is 66.6 cm³/mol. The standard InChI is InChI=1S/C11H15N2O2Si/c1-13(2,3)16-9-8-10-6-4-5-7-11(10)12(14)15/h4-7H,16H2,1-3H3/q+1. The number of quaternary nitrogens is 1. The summed E-state index contributed by atoms with van der Waals surface area (Å²) in [6.07, 6.45) is 0. The maximum absolute atomic E-state index is 10.7. The average Bonchev–Trinajstić information content (AvgIpc) is 2.16. The van der Waals surface area contributed by atoms with Crippen molar-refractivity contribution in [1.82, 2.24) is 0 Å². The molecule has 0 fully saturated rings. The van der Waals surface area contributed by atoms with Crippen LogP contribution in [0.5, 0.6) is 0 Å². The first-order valence-electron chi connectivity index (χ1n) is 4.93. The van der Waals surface area contributed by atoms with E-state index in [1.807, 2.05) is 0 Å². The fourth-order valence-electron chi connectivity index (χ4n) is 1.11. The molecule has 1 aromatic carbocycles. The summed E-state index contributed by atoms with van der Waals surface area (Å²) in [7, 11) is 5.67. The third-order valence-corrected chi connectivity index (χ3v) is 3.16. The zero-order valence-corrected chi connectivity index (χ0v) is 11.1. The monoisotopic (exact) mass is 235 g/mol. The van der Waals surface area contributed by atoms with Crippen LogP contribution in [0.25, 0.3) is 0 Å². The van der Waals surface area contributed by atoms with Gasteiger partial charge in [0.1, 0.15) is 5.56 Å². The van der Waals surface area contributed by atoms with Crippen LogP contribution in [0.15, 0.2) is 24.3 Å². The van der Waals surface area contributed by atoms with Gasteiger partial charge in [0.05, 0.1) is 26.1 Å². The van der Waals surface area contributed by atoms with E-state index in [2.05, 4.69) is 32.6 Å². The lowest BCUT2D eigenvalue weighted by Gasteiger charge is -2.21. The molecule has 5 heteroatoms. The summed E-state index contributed by atoms with van der Waals surface area (Å²) in [6, 6.07) is 6.60. The van der Waals surface area contributed by atoms with Crippen molar-refractivity contribution in [1.29, 1.82) is 0 Å².